The number of halogens is 2. The number of nitrogens with zero attached hydrogens (tertiary/aromatic N) is 6. The number of nitrogens with one attached hydrogen (secondary N) is 1. The Hall–Kier alpha value is -4.27. The SMILES string of the molecule is CCC(F)(F)c1ccc(CNC(=O)[C@H]2CN(c3cnc4cnccc4n3)CCN2S(=O)(=O)c2ccc(N3CCCC3O)cc2)cc1. The van der Waals surface area contributed by atoms with Gasteiger partial charge in [0.2, 0.25) is 15.9 Å². The highest BCUT2D eigenvalue weighted by Gasteiger charge is 2.41. The van der Waals surface area contributed by atoms with Crippen molar-refractivity contribution in [2.45, 2.75) is 55.8 Å². The van der Waals surface area contributed by atoms with Gasteiger partial charge in [0.05, 0.1) is 22.8 Å². The topological polar surface area (TPSA) is 132 Å². The molecule has 14 heteroatoms. The van der Waals surface area contributed by atoms with Gasteiger partial charge in [-0.25, -0.2) is 27.2 Å². The molecule has 6 rings (SSSR count). The zero-order chi connectivity index (χ0) is 32.5. The first-order valence-corrected chi connectivity index (χ1v) is 16.6. The second-order valence-electron chi connectivity index (χ2n) is 11.5. The molecule has 2 aromatic heterocycles. The molecule has 2 aromatic carbocycles. The molecule has 2 saturated heterocycles. The number of carbonyl (C=O) groups is 1. The van der Waals surface area contributed by atoms with Crippen LogP contribution < -0.4 is 15.1 Å². The molecule has 11 nitrogen and oxygen atoms in total. The average molecular weight is 652 g/mol. The Kier molecular flexibility index (Phi) is 8.86. The lowest BCUT2D eigenvalue weighted by Gasteiger charge is -2.40. The van der Waals surface area contributed by atoms with Gasteiger partial charge in [-0.15, -0.1) is 0 Å². The van der Waals surface area contributed by atoms with Gasteiger partial charge in [0.25, 0.3) is 5.92 Å². The lowest BCUT2D eigenvalue weighted by Crippen LogP contribution is -2.60. The monoisotopic (exact) mass is 651 g/mol. The smallest absolute Gasteiger partial charge is 0.273 e. The first kappa shape index (κ1) is 31.7. The summed E-state index contributed by atoms with van der Waals surface area (Å²) < 4.78 is 57.4. The Bertz CT molecular complexity index is 1810. The lowest BCUT2D eigenvalue weighted by molar-refractivity contribution is -0.125. The molecular formula is C32H35F2N7O4S. The van der Waals surface area contributed by atoms with Gasteiger partial charge in [-0.1, -0.05) is 31.2 Å². The quantitative estimate of drug-likeness (QED) is 0.279. The number of carbonyl (C=O) groups excluding carboxylic acids is 1. The summed E-state index contributed by atoms with van der Waals surface area (Å²) in [6.45, 7) is 2.39. The van der Waals surface area contributed by atoms with Crippen molar-refractivity contribution in [3.8, 4) is 0 Å². The normalized spacial score (nSPS) is 19.5. The molecule has 46 heavy (non-hydrogen) atoms. The largest absolute Gasteiger partial charge is 0.374 e. The second kappa shape index (κ2) is 12.9. The van der Waals surface area contributed by atoms with Gasteiger partial charge in [-0.05, 0) is 48.7 Å². The van der Waals surface area contributed by atoms with Crippen molar-refractivity contribution < 1.29 is 27.1 Å². The minimum Gasteiger partial charge on any atom is -0.374 e. The molecule has 2 aliphatic rings. The Morgan fingerprint density at radius 3 is 2.48 bits per heavy atom. The van der Waals surface area contributed by atoms with E-state index in [9.17, 15) is 27.1 Å². The highest BCUT2D eigenvalue weighted by Crippen LogP contribution is 2.32. The van der Waals surface area contributed by atoms with E-state index in [2.05, 4.69) is 20.3 Å². The fraction of sp³-hybridized carbons (Fsp3) is 0.375. The summed E-state index contributed by atoms with van der Waals surface area (Å²) in [7, 11) is -4.12. The van der Waals surface area contributed by atoms with Crippen LogP contribution in [0.5, 0.6) is 0 Å². The molecule has 0 radical (unpaired) electrons. The minimum atomic E-state index is -4.12. The van der Waals surface area contributed by atoms with E-state index in [-0.39, 0.29) is 43.1 Å². The predicted molar refractivity (Wildman–Crippen MR) is 169 cm³/mol. The first-order chi connectivity index (χ1) is 22.1. The maximum Gasteiger partial charge on any atom is 0.273 e. The molecule has 2 atom stereocenters. The standard InChI is InChI=1S/C32H35F2N7O4S/c1-2-32(33,34)23-7-5-22(6-8-23)18-37-31(43)28-21-39(29-20-36-27-19-35-14-13-26(27)38-29)16-17-41(28)46(44,45)25-11-9-24(10-12-25)40-15-3-4-30(40)42/h5-14,19-20,28,30,42H,2-4,15-18,21H2,1H3,(H,37,43)/t28-,30?/m1/s1. The lowest BCUT2D eigenvalue weighted by atomic mass is 10.0. The third-order valence-corrected chi connectivity index (χ3v) is 10.5. The van der Waals surface area contributed by atoms with Crippen LogP contribution in [-0.2, 0) is 27.3 Å². The second-order valence-corrected chi connectivity index (χ2v) is 13.3. The number of sulfonamides is 1. The van der Waals surface area contributed by atoms with Crippen molar-refractivity contribution >= 4 is 38.5 Å². The van der Waals surface area contributed by atoms with Crippen molar-refractivity contribution in [2.24, 2.45) is 0 Å². The fourth-order valence-electron chi connectivity index (χ4n) is 5.85. The van der Waals surface area contributed by atoms with E-state index in [0.717, 1.165) is 12.1 Å². The van der Waals surface area contributed by atoms with Crippen LogP contribution in [0.1, 0.15) is 37.3 Å². The van der Waals surface area contributed by atoms with Crippen LogP contribution in [0.2, 0.25) is 0 Å². The number of pyridine rings is 1. The number of rotatable bonds is 9. The molecule has 2 aliphatic heterocycles. The minimum absolute atomic E-state index is 0.00384. The van der Waals surface area contributed by atoms with Gasteiger partial charge < -0.3 is 20.2 Å². The number of hydrogen-bond acceptors (Lipinski definition) is 9. The van der Waals surface area contributed by atoms with E-state index in [1.165, 1.54) is 47.6 Å². The number of aliphatic hydroxyl groups excluding tert-OH is 1. The van der Waals surface area contributed by atoms with Crippen LogP contribution in [0, 0.1) is 0 Å². The molecule has 4 aromatic rings. The summed E-state index contributed by atoms with van der Waals surface area (Å²) in [5.74, 6) is -2.99. The van der Waals surface area contributed by atoms with Crippen LogP contribution in [0.3, 0.4) is 0 Å². The third-order valence-electron chi connectivity index (χ3n) is 8.57. The zero-order valence-electron chi connectivity index (χ0n) is 25.3. The van der Waals surface area contributed by atoms with Gasteiger partial charge >= 0.3 is 0 Å². The van der Waals surface area contributed by atoms with Crippen molar-refractivity contribution in [2.75, 3.05) is 36.0 Å². The first-order valence-electron chi connectivity index (χ1n) is 15.2. The molecule has 2 N–H and O–H groups in total. The van der Waals surface area contributed by atoms with Gasteiger partial charge in [0, 0.05) is 56.6 Å². The highest BCUT2D eigenvalue weighted by molar-refractivity contribution is 7.89. The van der Waals surface area contributed by atoms with Crippen molar-refractivity contribution in [3.63, 3.8) is 0 Å². The zero-order valence-corrected chi connectivity index (χ0v) is 26.1. The number of hydrogen-bond donors (Lipinski definition) is 2. The number of piperazine rings is 1. The summed E-state index contributed by atoms with van der Waals surface area (Å²) in [6.07, 6.45) is 5.32. The number of anilines is 2. The molecule has 0 saturated carbocycles. The average Bonchev–Trinajstić information content (AvgIpc) is 3.52. The van der Waals surface area contributed by atoms with Gasteiger partial charge in [-0.2, -0.15) is 4.31 Å². The van der Waals surface area contributed by atoms with E-state index in [1.807, 2.05) is 9.80 Å². The Morgan fingerprint density at radius 1 is 1.02 bits per heavy atom. The van der Waals surface area contributed by atoms with E-state index in [0.29, 0.717) is 35.4 Å². The van der Waals surface area contributed by atoms with E-state index < -0.39 is 34.1 Å². The summed E-state index contributed by atoms with van der Waals surface area (Å²) >= 11 is 0. The summed E-state index contributed by atoms with van der Waals surface area (Å²) in [5, 5.41) is 13.1. The molecule has 2 fully saturated rings. The number of alkyl halides is 2. The molecule has 0 spiro atoms. The predicted octanol–water partition coefficient (Wildman–Crippen LogP) is 3.64. The van der Waals surface area contributed by atoms with Crippen LogP contribution in [0.4, 0.5) is 20.3 Å². The van der Waals surface area contributed by atoms with Crippen LogP contribution in [0.15, 0.2) is 78.1 Å². The van der Waals surface area contributed by atoms with Crippen LogP contribution in [-0.4, -0.2) is 77.1 Å². The van der Waals surface area contributed by atoms with Gasteiger partial charge in [0.15, 0.2) is 0 Å². The number of amides is 1. The maximum absolute atomic E-state index is 14.1. The van der Waals surface area contributed by atoms with Crippen LogP contribution >= 0.6 is 0 Å². The van der Waals surface area contributed by atoms with Crippen molar-refractivity contribution in [3.05, 3.63) is 84.3 Å². The highest BCUT2D eigenvalue weighted by atomic mass is 32.2. The van der Waals surface area contributed by atoms with Gasteiger partial charge in [-0.3, -0.25) is 9.78 Å². The molecule has 0 aliphatic carbocycles. The molecule has 1 unspecified atom stereocenters. The van der Waals surface area contributed by atoms with E-state index in [1.54, 1.807) is 36.8 Å². The van der Waals surface area contributed by atoms with Gasteiger partial charge in [0.1, 0.15) is 23.6 Å². The Labute approximate surface area is 265 Å². The van der Waals surface area contributed by atoms with Crippen LogP contribution in [0.25, 0.3) is 11.0 Å². The van der Waals surface area contributed by atoms with Crippen molar-refractivity contribution in [1.82, 2.24) is 24.6 Å². The molecule has 4 heterocycles. The number of aromatic nitrogens is 3. The molecular weight excluding hydrogens is 616 g/mol. The molecule has 0 bridgehead atoms. The summed E-state index contributed by atoms with van der Waals surface area (Å²) in [6, 6.07) is 12.6. The maximum atomic E-state index is 14.1. The Balaban J connectivity index is 1.25. The number of aliphatic hydroxyl groups is 1. The Morgan fingerprint density at radius 2 is 1.78 bits per heavy atom. The molecule has 1 amide bonds. The van der Waals surface area contributed by atoms with E-state index >= 15 is 0 Å². The molecule has 242 valence electrons. The fourth-order valence-corrected chi connectivity index (χ4v) is 7.42. The number of benzene rings is 2. The number of fused-ring (bicyclic) bond motifs is 1. The van der Waals surface area contributed by atoms with Crippen molar-refractivity contribution in [1.29, 1.82) is 0 Å². The summed E-state index contributed by atoms with van der Waals surface area (Å²) in [4.78, 5) is 30.6. The third kappa shape index (κ3) is 6.37. The summed E-state index contributed by atoms with van der Waals surface area (Å²) in [5.41, 5.74) is 2.43. The van der Waals surface area contributed by atoms with E-state index in [4.69, 9.17) is 0 Å².